The maximum absolute atomic E-state index is 13.2. The standard InChI is InChI=1S/C24H33N3O6S/c1-4-7-19(20-12-18(13-21(29)33-20)31-14-17-8-9-17)25-23(30)24(3)15-34-22(26-24)16(2)27-32-11-6-5-10-28/h7,12-13,17,28H,4-6,8-11,14-15H2,1-3H3,(H,25,30)/b19-7+,27-16+/t24-/m0/s1. The Bertz CT molecular complexity index is 1010. The first-order chi connectivity index (χ1) is 16.3. The minimum Gasteiger partial charge on any atom is -0.493 e. The number of ether oxygens (including phenoxy) is 1. The normalized spacial score (nSPS) is 20.8. The molecule has 2 aliphatic rings. The van der Waals surface area contributed by atoms with E-state index in [9.17, 15) is 9.59 Å². The van der Waals surface area contributed by atoms with Crippen molar-refractivity contribution in [1.29, 1.82) is 0 Å². The van der Waals surface area contributed by atoms with Gasteiger partial charge in [-0.05, 0) is 51.9 Å². The fourth-order valence-electron chi connectivity index (χ4n) is 3.10. The summed E-state index contributed by atoms with van der Waals surface area (Å²) in [6.07, 6.45) is 6.08. The molecule has 1 aromatic heterocycles. The van der Waals surface area contributed by atoms with Crippen LogP contribution in [0, 0.1) is 5.92 Å². The van der Waals surface area contributed by atoms with Gasteiger partial charge in [-0.15, -0.1) is 11.8 Å². The average Bonchev–Trinajstić information content (AvgIpc) is 3.56. The number of hydrogen-bond acceptors (Lipinski definition) is 9. The van der Waals surface area contributed by atoms with Crippen LogP contribution >= 0.6 is 11.8 Å². The van der Waals surface area contributed by atoms with Crippen LogP contribution in [0.15, 0.2) is 37.6 Å². The summed E-state index contributed by atoms with van der Waals surface area (Å²) in [7, 11) is 0. The lowest BCUT2D eigenvalue weighted by atomic mass is 10.0. The molecule has 1 aliphatic carbocycles. The summed E-state index contributed by atoms with van der Waals surface area (Å²) < 4.78 is 11.1. The molecule has 2 N–H and O–H groups in total. The highest BCUT2D eigenvalue weighted by Crippen LogP contribution is 2.31. The molecule has 0 bridgehead atoms. The van der Waals surface area contributed by atoms with Crippen molar-refractivity contribution in [3.05, 3.63) is 34.4 Å². The van der Waals surface area contributed by atoms with Crippen LogP contribution in [-0.4, -0.2) is 52.9 Å². The van der Waals surface area contributed by atoms with Crippen molar-refractivity contribution in [3.63, 3.8) is 0 Å². The predicted molar refractivity (Wildman–Crippen MR) is 133 cm³/mol. The quantitative estimate of drug-likeness (QED) is 0.246. The van der Waals surface area contributed by atoms with E-state index in [1.54, 1.807) is 26.0 Å². The second kappa shape index (κ2) is 12.2. The summed E-state index contributed by atoms with van der Waals surface area (Å²) in [6.45, 7) is 6.58. The highest BCUT2D eigenvalue weighted by atomic mass is 32.2. The molecule has 0 spiro atoms. The third-order valence-electron chi connectivity index (χ3n) is 5.33. The molecule has 186 valence electrons. The van der Waals surface area contributed by atoms with Crippen LogP contribution in [0.1, 0.15) is 58.6 Å². The molecule has 2 heterocycles. The molecule has 10 heteroatoms. The number of nitrogens with one attached hydrogen (secondary N) is 1. The number of aliphatic hydroxyl groups is 1. The Morgan fingerprint density at radius 1 is 1.41 bits per heavy atom. The molecule has 34 heavy (non-hydrogen) atoms. The number of oxime groups is 1. The second-order valence-electron chi connectivity index (χ2n) is 8.63. The Kier molecular flexibility index (Phi) is 9.35. The van der Waals surface area contributed by atoms with E-state index in [0.29, 0.717) is 66.3 Å². The third-order valence-corrected chi connectivity index (χ3v) is 6.70. The number of nitrogens with zero attached hydrogens (tertiary/aromatic N) is 2. The smallest absolute Gasteiger partial charge is 0.339 e. The minimum absolute atomic E-state index is 0.123. The van der Waals surface area contributed by atoms with E-state index in [-0.39, 0.29) is 18.3 Å². The lowest BCUT2D eigenvalue weighted by Gasteiger charge is -2.20. The van der Waals surface area contributed by atoms with Crippen LogP contribution in [0.2, 0.25) is 0 Å². The number of unbranched alkanes of at least 4 members (excludes halogenated alkanes) is 1. The molecule has 1 fully saturated rings. The number of thioether (sulfide) groups is 1. The summed E-state index contributed by atoms with van der Waals surface area (Å²) in [5.41, 5.74) is -0.537. The van der Waals surface area contributed by atoms with E-state index in [0.717, 1.165) is 12.8 Å². The SMILES string of the molecule is CC/C=C(/NC(=O)[C@]1(C)CSC(/C(C)=N/OCCCCO)=N1)c1cc(OCC2CC2)cc(=O)o1. The predicted octanol–water partition coefficient (Wildman–Crippen LogP) is 3.36. The van der Waals surface area contributed by atoms with Gasteiger partial charge in [-0.2, -0.15) is 0 Å². The van der Waals surface area contributed by atoms with Crippen molar-refractivity contribution in [3.8, 4) is 5.75 Å². The van der Waals surface area contributed by atoms with Crippen LogP contribution < -0.4 is 15.7 Å². The first kappa shape index (κ1) is 26.0. The van der Waals surface area contributed by atoms with Gasteiger partial charge >= 0.3 is 5.63 Å². The van der Waals surface area contributed by atoms with Gasteiger partial charge in [0.25, 0.3) is 5.91 Å². The van der Waals surface area contributed by atoms with Crippen molar-refractivity contribution in [2.75, 3.05) is 25.6 Å². The maximum Gasteiger partial charge on any atom is 0.339 e. The van der Waals surface area contributed by atoms with E-state index >= 15 is 0 Å². The van der Waals surface area contributed by atoms with E-state index in [4.69, 9.17) is 19.1 Å². The number of amides is 1. The minimum atomic E-state index is -1.01. The molecule has 0 aromatic carbocycles. The lowest BCUT2D eigenvalue weighted by Crippen LogP contribution is -2.43. The molecule has 1 amide bonds. The van der Waals surface area contributed by atoms with E-state index in [2.05, 4.69) is 15.5 Å². The zero-order chi connectivity index (χ0) is 24.6. The third kappa shape index (κ3) is 7.46. The van der Waals surface area contributed by atoms with Crippen LogP contribution in [0.4, 0.5) is 0 Å². The Morgan fingerprint density at radius 3 is 2.91 bits per heavy atom. The molecule has 1 aliphatic heterocycles. The van der Waals surface area contributed by atoms with Crippen molar-refractivity contribution in [2.45, 2.75) is 58.4 Å². The molecule has 1 atom stereocenters. The Hall–Kier alpha value is -2.59. The molecule has 0 unspecified atom stereocenters. The van der Waals surface area contributed by atoms with Gasteiger partial charge in [-0.25, -0.2) is 4.79 Å². The molecule has 9 nitrogen and oxygen atoms in total. The number of carbonyl (C=O) groups is 1. The molecule has 0 saturated heterocycles. The molecule has 3 rings (SSSR count). The number of carbonyl (C=O) groups excluding carboxylic acids is 1. The first-order valence-corrected chi connectivity index (χ1v) is 12.6. The first-order valence-electron chi connectivity index (χ1n) is 11.6. The molecule has 0 radical (unpaired) electrons. The van der Waals surface area contributed by atoms with Crippen molar-refractivity contribution >= 4 is 34.1 Å². The van der Waals surface area contributed by atoms with Gasteiger partial charge in [0.1, 0.15) is 28.7 Å². The number of rotatable bonds is 13. The van der Waals surface area contributed by atoms with Crippen LogP contribution in [0.5, 0.6) is 5.75 Å². The van der Waals surface area contributed by atoms with E-state index in [1.165, 1.54) is 17.8 Å². The van der Waals surface area contributed by atoms with Gasteiger partial charge in [-0.3, -0.25) is 9.79 Å². The Balaban J connectivity index is 1.69. The molecule has 1 aromatic rings. The monoisotopic (exact) mass is 491 g/mol. The number of aliphatic imine (C=N–C) groups is 1. The summed E-state index contributed by atoms with van der Waals surface area (Å²) >= 11 is 1.44. The van der Waals surface area contributed by atoms with Crippen LogP contribution in [0.3, 0.4) is 0 Å². The summed E-state index contributed by atoms with van der Waals surface area (Å²) in [6, 6.07) is 2.95. The fraction of sp³-hybridized carbons (Fsp3) is 0.583. The average molecular weight is 492 g/mol. The topological polar surface area (TPSA) is 123 Å². The Morgan fingerprint density at radius 2 is 2.21 bits per heavy atom. The zero-order valence-corrected chi connectivity index (χ0v) is 20.8. The lowest BCUT2D eigenvalue weighted by molar-refractivity contribution is -0.123. The highest BCUT2D eigenvalue weighted by Gasteiger charge is 2.39. The van der Waals surface area contributed by atoms with E-state index < -0.39 is 11.2 Å². The summed E-state index contributed by atoms with van der Waals surface area (Å²) in [4.78, 5) is 35.2. The largest absolute Gasteiger partial charge is 0.493 e. The number of hydrogen-bond donors (Lipinski definition) is 2. The van der Waals surface area contributed by atoms with Crippen molar-refractivity contribution in [1.82, 2.24) is 5.32 Å². The van der Waals surface area contributed by atoms with Gasteiger partial charge in [0.2, 0.25) is 0 Å². The van der Waals surface area contributed by atoms with Crippen molar-refractivity contribution < 1.29 is 23.9 Å². The van der Waals surface area contributed by atoms with E-state index in [1.807, 2.05) is 6.92 Å². The van der Waals surface area contributed by atoms with Gasteiger partial charge in [0, 0.05) is 18.4 Å². The number of aliphatic hydroxyl groups excluding tert-OH is 1. The molecule has 1 saturated carbocycles. The van der Waals surface area contributed by atoms with Gasteiger partial charge in [0.15, 0.2) is 5.76 Å². The van der Waals surface area contributed by atoms with Gasteiger partial charge in [0.05, 0.1) is 18.4 Å². The Labute approximate surface area is 203 Å². The summed E-state index contributed by atoms with van der Waals surface area (Å²) in [5, 5.41) is 16.4. The second-order valence-corrected chi connectivity index (χ2v) is 9.60. The zero-order valence-electron chi connectivity index (χ0n) is 20.0. The fourth-order valence-corrected chi connectivity index (χ4v) is 4.23. The molecular weight excluding hydrogens is 458 g/mol. The summed E-state index contributed by atoms with van der Waals surface area (Å²) in [5.74, 6) is 1.37. The highest BCUT2D eigenvalue weighted by molar-refractivity contribution is 8.16. The van der Waals surface area contributed by atoms with Crippen LogP contribution in [-0.2, 0) is 9.63 Å². The maximum atomic E-state index is 13.2. The van der Waals surface area contributed by atoms with Crippen molar-refractivity contribution in [2.24, 2.45) is 16.1 Å². The number of allylic oxidation sites excluding steroid dienone is 1. The van der Waals surface area contributed by atoms with Crippen LogP contribution in [0.25, 0.3) is 5.70 Å². The molecular formula is C24H33N3O6S. The van der Waals surface area contributed by atoms with Gasteiger partial charge < -0.3 is 24.4 Å². The van der Waals surface area contributed by atoms with Gasteiger partial charge in [-0.1, -0.05) is 18.2 Å².